The Morgan fingerprint density at radius 2 is 2.24 bits per heavy atom. The fourth-order valence-corrected chi connectivity index (χ4v) is 2.88. The van der Waals surface area contributed by atoms with Crippen LogP contribution in [0.3, 0.4) is 0 Å². The van der Waals surface area contributed by atoms with Crippen molar-refractivity contribution in [2.75, 3.05) is 44.9 Å². The highest BCUT2D eigenvalue weighted by Gasteiger charge is 2.32. The average molecular weight is 292 g/mol. The standard InChI is InChI=1S/C15H24N4O2/c1-17-15(21)10-4-5-14(13(16)6-10)19-9-12(20)7-11(19)8-18(2)3/h4-6,11-12,20H,7-9,16H2,1-3H3,(H,17,21). The molecule has 1 heterocycles. The fourth-order valence-electron chi connectivity index (χ4n) is 2.88. The van der Waals surface area contributed by atoms with Gasteiger partial charge in [0.15, 0.2) is 0 Å². The van der Waals surface area contributed by atoms with Crippen molar-refractivity contribution in [3.8, 4) is 0 Å². The van der Waals surface area contributed by atoms with Crippen molar-refractivity contribution in [2.45, 2.75) is 18.6 Å². The average Bonchev–Trinajstić information content (AvgIpc) is 2.77. The molecule has 6 heteroatoms. The number of β-amino-alcohol motifs (C(OH)–C–C–N with tert-alkyl or cyclic N) is 1. The molecule has 1 fully saturated rings. The number of amides is 1. The number of nitrogen functional groups attached to an aromatic ring is 1. The number of aliphatic hydroxyl groups excluding tert-OH is 1. The normalized spacial score (nSPS) is 21.9. The molecular formula is C15H24N4O2. The van der Waals surface area contributed by atoms with Gasteiger partial charge in [0.25, 0.3) is 5.91 Å². The predicted octanol–water partition coefficient (Wildman–Crippen LogP) is 0.130. The molecule has 0 saturated carbocycles. The van der Waals surface area contributed by atoms with Crippen LogP contribution in [0.5, 0.6) is 0 Å². The topological polar surface area (TPSA) is 81.8 Å². The van der Waals surface area contributed by atoms with Gasteiger partial charge in [-0.05, 0) is 38.7 Å². The van der Waals surface area contributed by atoms with Gasteiger partial charge in [-0.1, -0.05) is 0 Å². The van der Waals surface area contributed by atoms with Crippen LogP contribution in [0.15, 0.2) is 18.2 Å². The molecule has 1 aromatic rings. The first-order valence-corrected chi connectivity index (χ1v) is 7.13. The molecule has 21 heavy (non-hydrogen) atoms. The van der Waals surface area contributed by atoms with Crippen LogP contribution < -0.4 is 16.0 Å². The lowest BCUT2D eigenvalue weighted by Gasteiger charge is -2.29. The second kappa shape index (κ2) is 6.32. The molecule has 0 spiro atoms. The van der Waals surface area contributed by atoms with Crippen LogP contribution in [0.1, 0.15) is 16.8 Å². The van der Waals surface area contributed by atoms with Gasteiger partial charge in [-0.3, -0.25) is 4.79 Å². The lowest BCUT2D eigenvalue weighted by atomic mass is 10.1. The zero-order valence-electron chi connectivity index (χ0n) is 12.8. The Balaban J connectivity index is 2.25. The van der Waals surface area contributed by atoms with Gasteiger partial charge in [-0.15, -0.1) is 0 Å². The van der Waals surface area contributed by atoms with E-state index in [9.17, 15) is 9.90 Å². The smallest absolute Gasteiger partial charge is 0.251 e. The number of aliphatic hydroxyl groups is 1. The molecule has 2 atom stereocenters. The number of hydrogen-bond acceptors (Lipinski definition) is 5. The maximum Gasteiger partial charge on any atom is 0.251 e. The number of rotatable bonds is 4. The number of carbonyl (C=O) groups excluding carboxylic acids is 1. The van der Waals surface area contributed by atoms with E-state index >= 15 is 0 Å². The molecule has 2 unspecified atom stereocenters. The molecular weight excluding hydrogens is 268 g/mol. The van der Waals surface area contributed by atoms with Gasteiger partial charge in [0.2, 0.25) is 0 Å². The third-order valence-electron chi connectivity index (χ3n) is 3.79. The number of anilines is 2. The minimum Gasteiger partial charge on any atom is -0.397 e. The van der Waals surface area contributed by atoms with E-state index in [1.54, 1.807) is 19.2 Å². The Labute approximate surface area is 125 Å². The summed E-state index contributed by atoms with van der Waals surface area (Å²) < 4.78 is 0. The number of hydrogen-bond donors (Lipinski definition) is 3. The second-order valence-electron chi connectivity index (χ2n) is 5.81. The van der Waals surface area contributed by atoms with E-state index in [0.29, 0.717) is 17.8 Å². The number of carbonyl (C=O) groups is 1. The highest BCUT2D eigenvalue weighted by atomic mass is 16.3. The summed E-state index contributed by atoms with van der Waals surface area (Å²) in [4.78, 5) is 15.9. The van der Waals surface area contributed by atoms with Crippen LogP contribution in [-0.2, 0) is 0 Å². The van der Waals surface area contributed by atoms with Crippen molar-refractivity contribution in [2.24, 2.45) is 0 Å². The molecule has 1 amide bonds. The van der Waals surface area contributed by atoms with E-state index in [2.05, 4.69) is 15.1 Å². The predicted molar refractivity (Wildman–Crippen MR) is 84.6 cm³/mol. The summed E-state index contributed by atoms with van der Waals surface area (Å²) >= 11 is 0. The van der Waals surface area contributed by atoms with E-state index in [-0.39, 0.29) is 18.1 Å². The van der Waals surface area contributed by atoms with Gasteiger partial charge in [-0.25, -0.2) is 0 Å². The lowest BCUT2D eigenvalue weighted by Crippen LogP contribution is -2.38. The Hall–Kier alpha value is -1.79. The summed E-state index contributed by atoms with van der Waals surface area (Å²) in [7, 11) is 5.62. The molecule has 0 radical (unpaired) electrons. The van der Waals surface area contributed by atoms with Gasteiger partial charge in [-0.2, -0.15) is 0 Å². The minimum absolute atomic E-state index is 0.153. The van der Waals surface area contributed by atoms with Crippen molar-refractivity contribution in [1.29, 1.82) is 0 Å². The van der Waals surface area contributed by atoms with Gasteiger partial charge in [0.1, 0.15) is 0 Å². The molecule has 1 aliphatic heterocycles. The summed E-state index contributed by atoms with van der Waals surface area (Å²) in [5, 5.41) is 12.5. The molecule has 0 aromatic heterocycles. The van der Waals surface area contributed by atoms with Crippen molar-refractivity contribution in [1.82, 2.24) is 10.2 Å². The minimum atomic E-state index is -0.340. The van der Waals surface area contributed by atoms with Crippen molar-refractivity contribution in [3.63, 3.8) is 0 Å². The number of nitrogens with one attached hydrogen (secondary N) is 1. The number of likely N-dealkylation sites (N-methyl/N-ethyl adjacent to an activating group) is 1. The van der Waals surface area contributed by atoms with E-state index in [0.717, 1.165) is 18.7 Å². The zero-order valence-corrected chi connectivity index (χ0v) is 12.8. The Bertz CT molecular complexity index is 518. The quantitative estimate of drug-likeness (QED) is 0.687. The molecule has 116 valence electrons. The third-order valence-corrected chi connectivity index (χ3v) is 3.79. The Kier molecular flexibility index (Phi) is 4.69. The largest absolute Gasteiger partial charge is 0.397 e. The number of nitrogens with zero attached hydrogens (tertiary/aromatic N) is 2. The second-order valence-corrected chi connectivity index (χ2v) is 5.81. The first-order chi connectivity index (χ1) is 9.92. The number of benzene rings is 1. The van der Waals surface area contributed by atoms with Crippen LogP contribution >= 0.6 is 0 Å². The Morgan fingerprint density at radius 1 is 1.52 bits per heavy atom. The number of nitrogens with two attached hydrogens (primary N) is 1. The summed E-state index contributed by atoms with van der Waals surface area (Å²) in [6.07, 6.45) is 0.391. The van der Waals surface area contributed by atoms with Gasteiger partial charge < -0.3 is 26.0 Å². The maximum atomic E-state index is 11.6. The molecule has 1 aliphatic rings. The monoisotopic (exact) mass is 292 g/mol. The van der Waals surface area contributed by atoms with Crippen LogP contribution in [0.4, 0.5) is 11.4 Å². The summed E-state index contributed by atoms with van der Waals surface area (Å²) in [5.74, 6) is -0.153. The summed E-state index contributed by atoms with van der Waals surface area (Å²) in [6, 6.07) is 5.54. The van der Waals surface area contributed by atoms with Crippen molar-refractivity contribution < 1.29 is 9.90 Å². The third kappa shape index (κ3) is 3.46. The SMILES string of the molecule is CNC(=O)c1ccc(N2CC(O)CC2CN(C)C)c(N)c1. The van der Waals surface area contributed by atoms with Crippen LogP contribution in [0, 0.1) is 0 Å². The lowest BCUT2D eigenvalue weighted by molar-refractivity contribution is 0.0963. The first-order valence-electron chi connectivity index (χ1n) is 7.13. The van der Waals surface area contributed by atoms with Crippen molar-refractivity contribution >= 4 is 17.3 Å². The van der Waals surface area contributed by atoms with Crippen LogP contribution in [0.2, 0.25) is 0 Å². The fraction of sp³-hybridized carbons (Fsp3) is 0.533. The molecule has 4 N–H and O–H groups in total. The highest BCUT2D eigenvalue weighted by molar-refractivity contribution is 5.96. The summed E-state index contributed by atoms with van der Waals surface area (Å²) in [6.45, 7) is 1.43. The van der Waals surface area contributed by atoms with Crippen LogP contribution in [0.25, 0.3) is 0 Å². The van der Waals surface area contributed by atoms with Gasteiger partial charge >= 0.3 is 0 Å². The molecule has 1 saturated heterocycles. The van der Waals surface area contributed by atoms with E-state index in [4.69, 9.17) is 5.73 Å². The van der Waals surface area contributed by atoms with E-state index < -0.39 is 0 Å². The van der Waals surface area contributed by atoms with E-state index in [1.165, 1.54) is 0 Å². The molecule has 0 bridgehead atoms. The molecule has 1 aromatic carbocycles. The molecule has 2 rings (SSSR count). The zero-order chi connectivity index (χ0) is 15.6. The maximum absolute atomic E-state index is 11.6. The van der Waals surface area contributed by atoms with Gasteiger partial charge in [0, 0.05) is 31.7 Å². The van der Waals surface area contributed by atoms with E-state index in [1.807, 2.05) is 20.2 Å². The Morgan fingerprint density at radius 3 is 2.81 bits per heavy atom. The molecule has 6 nitrogen and oxygen atoms in total. The van der Waals surface area contributed by atoms with Gasteiger partial charge in [0.05, 0.1) is 17.5 Å². The van der Waals surface area contributed by atoms with Crippen molar-refractivity contribution in [3.05, 3.63) is 23.8 Å². The first kappa shape index (κ1) is 15.6. The highest BCUT2D eigenvalue weighted by Crippen LogP contribution is 2.31. The van der Waals surface area contributed by atoms with Crippen LogP contribution in [-0.4, -0.2) is 62.3 Å². The summed E-state index contributed by atoms with van der Waals surface area (Å²) in [5.41, 5.74) is 8.10. The molecule has 0 aliphatic carbocycles.